The van der Waals surface area contributed by atoms with Crippen LogP contribution in [-0.4, -0.2) is 63.5 Å². The Bertz CT molecular complexity index is 1840. The number of carbonyl (C=O) groups is 1. The summed E-state index contributed by atoms with van der Waals surface area (Å²) < 4.78 is 16.3. The number of hydrogen-bond acceptors (Lipinski definition) is 5. The Kier molecular flexibility index (Phi) is 7.19. The van der Waals surface area contributed by atoms with Crippen LogP contribution in [0.4, 0.5) is 10.2 Å². The maximum Gasteiger partial charge on any atom is 0.293 e. The lowest BCUT2D eigenvalue weighted by Gasteiger charge is -2.39. The number of fused-ring (bicyclic) bond motifs is 3. The predicted molar refractivity (Wildman–Crippen MR) is 170 cm³/mol. The van der Waals surface area contributed by atoms with E-state index >= 15 is 0 Å². The van der Waals surface area contributed by atoms with Crippen molar-refractivity contribution in [2.45, 2.75) is 37.8 Å². The first kappa shape index (κ1) is 28.3. The molecule has 3 saturated heterocycles. The fourth-order valence-corrected chi connectivity index (χ4v) is 7.85. The molecule has 7 nitrogen and oxygen atoms in total. The zero-order valence-corrected chi connectivity index (χ0v) is 25.2. The van der Waals surface area contributed by atoms with Crippen LogP contribution in [0, 0.1) is 11.7 Å². The molecule has 0 spiro atoms. The summed E-state index contributed by atoms with van der Waals surface area (Å²) in [6.07, 6.45) is 5.85. The molecule has 3 aliphatic rings. The van der Waals surface area contributed by atoms with Gasteiger partial charge in [-0.2, -0.15) is 0 Å². The number of anilines is 1. The molecule has 0 unspecified atom stereocenters. The van der Waals surface area contributed by atoms with Crippen LogP contribution in [0.1, 0.15) is 25.7 Å². The number of amides is 1. The number of nitrogens with one attached hydrogen (secondary N) is 1. The number of halogens is 3. The Morgan fingerprint density at radius 1 is 1.12 bits per heavy atom. The molecule has 0 radical (unpaired) electrons. The molecule has 7 rings (SSSR count). The number of hydrogen-bond donors (Lipinski definition) is 1. The molecular weight excluding hydrogens is 588 g/mol. The van der Waals surface area contributed by atoms with Crippen LogP contribution < -0.4 is 10.9 Å². The van der Waals surface area contributed by atoms with Gasteiger partial charge in [0.05, 0.1) is 21.1 Å². The normalized spacial score (nSPS) is 18.3. The first-order valence-corrected chi connectivity index (χ1v) is 15.5. The van der Waals surface area contributed by atoms with Gasteiger partial charge in [0.15, 0.2) is 5.82 Å². The summed E-state index contributed by atoms with van der Waals surface area (Å²) in [5, 5.41) is 5.24. The number of benzene rings is 3. The summed E-state index contributed by atoms with van der Waals surface area (Å²) >= 11 is 13.4. The highest BCUT2D eigenvalue weighted by Crippen LogP contribution is 2.41. The van der Waals surface area contributed by atoms with Crippen molar-refractivity contribution in [1.82, 2.24) is 19.4 Å². The van der Waals surface area contributed by atoms with E-state index < -0.39 is 5.82 Å². The average molecular weight is 621 g/mol. The van der Waals surface area contributed by atoms with Gasteiger partial charge < -0.3 is 14.8 Å². The third-order valence-electron chi connectivity index (χ3n) is 9.54. The molecule has 4 aromatic rings. The van der Waals surface area contributed by atoms with E-state index in [-0.39, 0.29) is 27.9 Å². The lowest BCUT2D eigenvalue weighted by molar-refractivity contribution is -0.132. The number of nitrogens with zero attached hydrogens (tertiary/aromatic N) is 4. The second-order valence-electron chi connectivity index (χ2n) is 12.0. The van der Waals surface area contributed by atoms with Gasteiger partial charge in [-0.1, -0.05) is 54.0 Å². The Labute approximate surface area is 258 Å². The van der Waals surface area contributed by atoms with Crippen LogP contribution in [0.5, 0.6) is 0 Å². The van der Waals surface area contributed by atoms with Crippen LogP contribution in [0.3, 0.4) is 0 Å². The van der Waals surface area contributed by atoms with E-state index in [0.717, 1.165) is 44.2 Å². The molecule has 3 fully saturated rings. The van der Waals surface area contributed by atoms with E-state index in [4.69, 9.17) is 28.2 Å². The number of likely N-dealkylation sites (tertiary alicyclic amines) is 1. The van der Waals surface area contributed by atoms with Gasteiger partial charge in [-0.15, -0.1) is 0 Å². The molecule has 0 aliphatic carbocycles. The molecule has 0 bridgehead atoms. The summed E-state index contributed by atoms with van der Waals surface area (Å²) in [6, 6.07) is 12.3. The van der Waals surface area contributed by atoms with E-state index in [0.29, 0.717) is 64.6 Å². The first-order chi connectivity index (χ1) is 20.8. The van der Waals surface area contributed by atoms with Crippen LogP contribution in [0.25, 0.3) is 32.9 Å². The lowest BCUT2D eigenvalue weighted by Crippen LogP contribution is -2.51. The minimum absolute atomic E-state index is 0.0325. The smallest absolute Gasteiger partial charge is 0.293 e. The Morgan fingerprint density at radius 3 is 2.63 bits per heavy atom. The first-order valence-electron chi connectivity index (χ1n) is 14.8. The summed E-state index contributed by atoms with van der Waals surface area (Å²) in [7, 11) is 0. The molecule has 3 aliphatic heterocycles. The van der Waals surface area contributed by atoms with Gasteiger partial charge in [-0.05, 0) is 74.0 Å². The minimum atomic E-state index is -0.506. The van der Waals surface area contributed by atoms with Crippen molar-refractivity contribution in [3.63, 3.8) is 0 Å². The van der Waals surface area contributed by atoms with Gasteiger partial charge in [0.2, 0.25) is 5.91 Å². The SMILES string of the molecule is C=CC(=O)N1CC(Cn2c(=O)c(NCC34CCCN3CCC4)nc3cc(-c4cccc5ccc(F)c(Cl)c45)c(Cl)cc32)C1. The van der Waals surface area contributed by atoms with Crippen molar-refractivity contribution >= 4 is 56.7 Å². The molecule has 222 valence electrons. The van der Waals surface area contributed by atoms with E-state index in [1.54, 1.807) is 21.6 Å². The highest BCUT2D eigenvalue weighted by atomic mass is 35.5. The quantitative estimate of drug-likeness (QED) is 0.244. The van der Waals surface area contributed by atoms with Crippen LogP contribution in [0.15, 0.2) is 59.9 Å². The van der Waals surface area contributed by atoms with Crippen molar-refractivity contribution < 1.29 is 9.18 Å². The van der Waals surface area contributed by atoms with Gasteiger partial charge in [0.25, 0.3) is 5.56 Å². The largest absolute Gasteiger partial charge is 0.364 e. The maximum absolute atomic E-state index is 14.6. The molecular formula is C33H32Cl2FN5O2. The molecule has 0 atom stereocenters. The summed E-state index contributed by atoms with van der Waals surface area (Å²) in [5.41, 5.74) is 2.39. The highest BCUT2D eigenvalue weighted by molar-refractivity contribution is 6.38. The summed E-state index contributed by atoms with van der Waals surface area (Å²) in [4.78, 5) is 35.1. The summed E-state index contributed by atoms with van der Waals surface area (Å²) in [5.74, 6) is -0.208. The van der Waals surface area contributed by atoms with E-state index in [1.807, 2.05) is 24.3 Å². The Balaban J connectivity index is 1.33. The lowest BCUT2D eigenvalue weighted by atomic mass is 9.94. The van der Waals surface area contributed by atoms with E-state index in [2.05, 4.69) is 16.8 Å². The van der Waals surface area contributed by atoms with Gasteiger partial charge in [0, 0.05) is 48.6 Å². The van der Waals surface area contributed by atoms with Gasteiger partial charge >= 0.3 is 0 Å². The van der Waals surface area contributed by atoms with E-state index in [9.17, 15) is 14.0 Å². The second kappa shape index (κ2) is 10.9. The molecule has 4 heterocycles. The fourth-order valence-electron chi connectivity index (χ4n) is 7.31. The molecule has 1 aromatic heterocycles. The molecule has 1 amide bonds. The highest BCUT2D eigenvalue weighted by Gasteiger charge is 2.44. The van der Waals surface area contributed by atoms with Crippen molar-refractivity contribution in [3.05, 3.63) is 81.3 Å². The van der Waals surface area contributed by atoms with E-state index in [1.165, 1.54) is 12.1 Å². The van der Waals surface area contributed by atoms with Gasteiger partial charge in [-0.25, -0.2) is 9.37 Å². The van der Waals surface area contributed by atoms with Gasteiger partial charge in [0.1, 0.15) is 5.82 Å². The van der Waals surface area contributed by atoms with Crippen LogP contribution >= 0.6 is 23.2 Å². The zero-order chi connectivity index (χ0) is 29.9. The summed E-state index contributed by atoms with van der Waals surface area (Å²) in [6.45, 7) is 7.94. The zero-order valence-electron chi connectivity index (χ0n) is 23.7. The topological polar surface area (TPSA) is 70.5 Å². The molecule has 3 aromatic carbocycles. The van der Waals surface area contributed by atoms with Crippen molar-refractivity contribution in [1.29, 1.82) is 0 Å². The van der Waals surface area contributed by atoms with Crippen molar-refractivity contribution in [2.24, 2.45) is 5.92 Å². The molecule has 10 heteroatoms. The number of aromatic nitrogens is 2. The fraction of sp³-hybridized carbons (Fsp3) is 0.364. The standard InChI is InChI=1S/C33H32Cl2FN5O2/c1-2-28(42)39-16-20(17-39)18-41-27-15-24(34)23(22-7-3-6-21-8-9-25(36)30(35)29(21)22)14-26(27)38-31(32(41)43)37-19-33-10-4-12-40(33)13-5-11-33/h2-3,6-9,14-15,20H,1,4-5,10-13,16-19H2,(H,37,38). The maximum atomic E-state index is 14.6. The second-order valence-corrected chi connectivity index (χ2v) is 12.8. The predicted octanol–water partition coefficient (Wildman–Crippen LogP) is 6.35. The van der Waals surface area contributed by atoms with Crippen molar-refractivity contribution in [3.8, 4) is 11.1 Å². The number of carbonyl (C=O) groups excluding carboxylic acids is 1. The van der Waals surface area contributed by atoms with Crippen molar-refractivity contribution in [2.75, 3.05) is 38.0 Å². The van der Waals surface area contributed by atoms with Crippen LogP contribution in [0.2, 0.25) is 10.0 Å². The van der Waals surface area contributed by atoms with Gasteiger partial charge in [-0.3, -0.25) is 14.5 Å². The molecule has 43 heavy (non-hydrogen) atoms. The number of rotatable bonds is 7. The minimum Gasteiger partial charge on any atom is -0.364 e. The monoisotopic (exact) mass is 619 g/mol. The Hall–Kier alpha value is -3.46. The third-order valence-corrected chi connectivity index (χ3v) is 10.2. The Morgan fingerprint density at radius 2 is 1.88 bits per heavy atom. The molecule has 1 N–H and O–H groups in total. The third kappa shape index (κ3) is 4.80. The average Bonchev–Trinajstić information content (AvgIpc) is 3.57. The molecule has 0 saturated carbocycles. The van der Waals surface area contributed by atoms with Crippen LogP contribution in [-0.2, 0) is 11.3 Å².